The maximum Gasteiger partial charge on any atom is 0.163 e. The Morgan fingerprint density at radius 3 is 2.84 bits per heavy atom. The molecule has 2 aliphatic rings. The Hall–Kier alpha value is -1.75. The van der Waals surface area contributed by atoms with Gasteiger partial charge in [-0.3, -0.25) is 0 Å². The molecule has 0 amide bonds. The number of H-pyrrole nitrogens is 1. The molecule has 19 heavy (non-hydrogen) atoms. The number of aromatic nitrogens is 2. The van der Waals surface area contributed by atoms with Crippen LogP contribution < -0.4 is 14.8 Å². The van der Waals surface area contributed by atoms with Crippen LogP contribution in [0.2, 0.25) is 0 Å². The Bertz CT molecular complexity index is 559. The summed E-state index contributed by atoms with van der Waals surface area (Å²) in [4.78, 5) is 8.04. The van der Waals surface area contributed by atoms with Crippen molar-refractivity contribution in [3.8, 4) is 11.5 Å². The van der Waals surface area contributed by atoms with Crippen LogP contribution in [0, 0.1) is 0 Å². The Kier molecular flexibility index (Phi) is 2.58. The first kappa shape index (κ1) is 11.1. The maximum absolute atomic E-state index is 5.59. The summed E-state index contributed by atoms with van der Waals surface area (Å²) in [6, 6.07) is 4.51. The second-order valence-corrected chi connectivity index (χ2v) is 5.19. The van der Waals surface area contributed by atoms with Crippen molar-refractivity contribution in [2.24, 2.45) is 0 Å². The molecule has 0 bridgehead atoms. The van der Waals surface area contributed by atoms with Gasteiger partial charge in [0.2, 0.25) is 0 Å². The molecular weight excluding hydrogens is 242 g/mol. The van der Waals surface area contributed by atoms with Gasteiger partial charge in [-0.15, -0.1) is 0 Å². The van der Waals surface area contributed by atoms with Crippen molar-refractivity contribution < 1.29 is 9.47 Å². The first-order valence-corrected chi connectivity index (χ1v) is 6.90. The molecule has 0 spiro atoms. The highest BCUT2D eigenvalue weighted by Gasteiger charge is 2.18. The van der Waals surface area contributed by atoms with Crippen LogP contribution in [0.4, 0.5) is 0 Å². The van der Waals surface area contributed by atoms with E-state index in [0.29, 0.717) is 19.3 Å². The summed E-state index contributed by atoms with van der Waals surface area (Å²) in [6.07, 6.45) is 3.46. The van der Waals surface area contributed by atoms with Crippen LogP contribution >= 0.6 is 0 Å². The van der Waals surface area contributed by atoms with Crippen LogP contribution in [0.5, 0.6) is 11.5 Å². The molecule has 1 unspecified atom stereocenters. The fourth-order valence-corrected chi connectivity index (χ4v) is 2.86. The van der Waals surface area contributed by atoms with Gasteiger partial charge >= 0.3 is 0 Å². The molecule has 100 valence electrons. The second kappa shape index (κ2) is 4.42. The van der Waals surface area contributed by atoms with Crippen molar-refractivity contribution in [3.05, 3.63) is 18.0 Å². The number of rotatable bonds is 2. The van der Waals surface area contributed by atoms with Crippen LogP contribution in [-0.2, 0) is 6.42 Å². The molecule has 1 saturated heterocycles. The number of ether oxygens (including phenoxy) is 2. The summed E-state index contributed by atoms with van der Waals surface area (Å²) < 4.78 is 11.2. The first-order chi connectivity index (χ1) is 9.38. The Morgan fingerprint density at radius 2 is 2.05 bits per heavy atom. The van der Waals surface area contributed by atoms with Crippen molar-refractivity contribution in [2.45, 2.75) is 25.3 Å². The van der Waals surface area contributed by atoms with Crippen LogP contribution in [-0.4, -0.2) is 35.8 Å². The van der Waals surface area contributed by atoms with E-state index < -0.39 is 0 Å². The minimum absolute atomic E-state index is 0.558. The van der Waals surface area contributed by atoms with Gasteiger partial charge in [0, 0.05) is 24.6 Å². The van der Waals surface area contributed by atoms with E-state index in [1.165, 1.54) is 12.8 Å². The summed E-state index contributed by atoms with van der Waals surface area (Å²) in [5.74, 6) is 2.65. The molecule has 1 aromatic heterocycles. The van der Waals surface area contributed by atoms with Crippen molar-refractivity contribution in [1.82, 2.24) is 15.3 Å². The number of aromatic amines is 1. The number of nitrogens with one attached hydrogen (secondary N) is 2. The molecule has 0 aliphatic carbocycles. The van der Waals surface area contributed by atoms with E-state index in [1.807, 2.05) is 12.1 Å². The zero-order chi connectivity index (χ0) is 12.7. The quantitative estimate of drug-likeness (QED) is 0.860. The largest absolute Gasteiger partial charge is 0.486 e. The van der Waals surface area contributed by atoms with Gasteiger partial charge in [-0.05, 0) is 19.4 Å². The molecule has 1 aromatic carbocycles. The minimum atomic E-state index is 0.558. The Balaban J connectivity index is 1.66. The van der Waals surface area contributed by atoms with Crippen molar-refractivity contribution in [3.63, 3.8) is 0 Å². The van der Waals surface area contributed by atoms with Gasteiger partial charge in [-0.2, -0.15) is 0 Å². The summed E-state index contributed by atoms with van der Waals surface area (Å²) in [7, 11) is 0. The van der Waals surface area contributed by atoms with E-state index in [2.05, 4.69) is 15.3 Å². The molecule has 3 heterocycles. The van der Waals surface area contributed by atoms with Gasteiger partial charge in [0.15, 0.2) is 11.5 Å². The number of fused-ring (bicyclic) bond motifs is 2. The van der Waals surface area contributed by atoms with Crippen LogP contribution in [0.3, 0.4) is 0 Å². The Morgan fingerprint density at radius 1 is 1.21 bits per heavy atom. The first-order valence-electron chi connectivity index (χ1n) is 6.90. The zero-order valence-electron chi connectivity index (χ0n) is 10.7. The standard InChI is InChI=1S/C14H17N3O2/c1-2-9(15-3-1)6-14-16-10-7-12-13(8-11(10)17-14)19-5-4-18-12/h7-9,15H,1-6H2,(H,16,17). The summed E-state index contributed by atoms with van der Waals surface area (Å²) in [6.45, 7) is 2.36. The van der Waals surface area contributed by atoms with Gasteiger partial charge in [-0.1, -0.05) is 0 Å². The molecule has 5 nitrogen and oxygen atoms in total. The van der Waals surface area contributed by atoms with Crippen LogP contribution in [0.25, 0.3) is 11.0 Å². The molecule has 2 aromatic rings. The average Bonchev–Trinajstić information content (AvgIpc) is 3.05. The van der Waals surface area contributed by atoms with Crippen molar-refractivity contribution in [1.29, 1.82) is 0 Å². The summed E-state index contributed by atoms with van der Waals surface area (Å²) >= 11 is 0. The number of benzene rings is 1. The minimum Gasteiger partial charge on any atom is -0.486 e. The van der Waals surface area contributed by atoms with Gasteiger partial charge in [0.25, 0.3) is 0 Å². The number of hydrogen-bond donors (Lipinski definition) is 2. The lowest BCUT2D eigenvalue weighted by molar-refractivity contribution is 0.172. The van der Waals surface area contributed by atoms with E-state index in [4.69, 9.17) is 9.47 Å². The van der Waals surface area contributed by atoms with Crippen LogP contribution in [0.1, 0.15) is 18.7 Å². The molecule has 2 N–H and O–H groups in total. The molecule has 2 aliphatic heterocycles. The Labute approximate surface area is 111 Å². The van der Waals surface area contributed by atoms with E-state index >= 15 is 0 Å². The van der Waals surface area contributed by atoms with E-state index in [0.717, 1.165) is 41.3 Å². The number of imidazole rings is 1. The SMILES string of the molecule is c1c2c(cc3[nH]c(CC4CCCN4)nc13)OCCO2. The number of nitrogens with zero attached hydrogens (tertiary/aromatic N) is 1. The third kappa shape index (κ3) is 2.04. The topological polar surface area (TPSA) is 59.2 Å². The van der Waals surface area contributed by atoms with Gasteiger partial charge in [0.05, 0.1) is 11.0 Å². The van der Waals surface area contributed by atoms with Crippen molar-refractivity contribution >= 4 is 11.0 Å². The maximum atomic E-state index is 5.59. The predicted octanol–water partition coefficient (Wildman–Crippen LogP) is 1.63. The lowest BCUT2D eigenvalue weighted by atomic mass is 10.1. The third-order valence-corrected chi connectivity index (χ3v) is 3.80. The molecule has 0 radical (unpaired) electrons. The highest BCUT2D eigenvalue weighted by Crippen LogP contribution is 2.33. The monoisotopic (exact) mass is 259 g/mol. The van der Waals surface area contributed by atoms with Crippen LogP contribution in [0.15, 0.2) is 12.1 Å². The lowest BCUT2D eigenvalue weighted by Gasteiger charge is -2.17. The fraction of sp³-hybridized carbons (Fsp3) is 0.500. The highest BCUT2D eigenvalue weighted by molar-refractivity contribution is 5.79. The molecule has 5 heteroatoms. The zero-order valence-corrected chi connectivity index (χ0v) is 10.7. The third-order valence-electron chi connectivity index (χ3n) is 3.80. The van der Waals surface area contributed by atoms with Gasteiger partial charge in [-0.25, -0.2) is 4.98 Å². The highest BCUT2D eigenvalue weighted by atomic mass is 16.6. The fourth-order valence-electron chi connectivity index (χ4n) is 2.86. The lowest BCUT2D eigenvalue weighted by Crippen LogP contribution is -2.24. The molecule has 1 fully saturated rings. The number of hydrogen-bond acceptors (Lipinski definition) is 4. The molecule has 0 saturated carbocycles. The summed E-state index contributed by atoms with van der Waals surface area (Å²) in [5, 5.41) is 3.50. The smallest absolute Gasteiger partial charge is 0.163 e. The van der Waals surface area contributed by atoms with Gasteiger partial charge < -0.3 is 19.8 Å². The second-order valence-electron chi connectivity index (χ2n) is 5.19. The normalized spacial score (nSPS) is 22.0. The predicted molar refractivity (Wildman–Crippen MR) is 71.8 cm³/mol. The van der Waals surface area contributed by atoms with E-state index in [-0.39, 0.29) is 0 Å². The summed E-state index contributed by atoms with van der Waals surface area (Å²) in [5.41, 5.74) is 1.98. The van der Waals surface area contributed by atoms with E-state index in [1.54, 1.807) is 0 Å². The van der Waals surface area contributed by atoms with E-state index in [9.17, 15) is 0 Å². The van der Waals surface area contributed by atoms with Gasteiger partial charge in [0.1, 0.15) is 19.0 Å². The molecule has 1 atom stereocenters. The molecule has 4 rings (SSSR count). The molecular formula is C14H17N3O2. The van der Waals surface area contributed by atoms with Crippen molar-refractivity contribution in [2.75, 3.05) is 19.8 Å². The average molecular weight is 259 g/mol.